The molecule has 0 aromatic heterocycles. The second-order valence-electron chi connectivity index (χ2n) is 10.1. The fraction of sp³-hybridized carbons (Fsp3) is 0.696. The van der Waals surface area contributed by atoms with Crippen molar-refractivity contribution in [3.63, 3.8) is 0 Å². The minimum absolute atomic E-state index is 0.120. The second kappa shape index (κ2) is 7.69. The van der Waals surface area contributed by atoms with E-state index < -0.39 is 22.2 Å². The van der Waals surface area contributed by atoms with Crippen molar-refractivity contribution in [2.45, 2.75) is 77.8 Å². The smallest absolute Gasteiger partial charge is 0.306 e. The largest absolute Gasteiger partial charge is 0.460 e. The molecule has 1 N–H and O–H groups in total. The van der Waals surface area contributed by atoms with Gasteiger partial charge in [0.25, 0.3) is 0 Å². The van der Waals surface area contributed by atoms with Gasteiger partial charge in [-0.15, -0.1) is 0 Å². The van der Waals surface area contributed by atoms with Crippen molar-refractivity contribution in [2.75, 3.05) is 0 Å². The van der Waals surface area contributed by atoms with Crippen LogP contribution in [-0.2, 0) is 19.6 Å². The molecule has 2 aliphatic carbocycles. The first kappa shape index (κ1) is 22.3. The maximum absolute atomic E-state index is 13.0. The maximum Gasteiger partial charge on any atom is 0.306 e. The molecule has 0 radical (unpaired) electrons. The first-order chi connectivity index (χ1) is 13.4. The van der Waals surface area contributed by atoms with Gasteiger partial charge in [0.2, 0.25) is 10.0 Å². The quantitative estimate of drug-likeness (QED) is 0.663. The van der Waals surface area contributed by atoms with E-state index >= 15 is 0 Å². The Morgan fingerprint density at radius 3 is 2.38 bits per heavy atom. The summed E-state index contributed by atoms with van der Waals surface area (Å²) in [6.07, 6.45) is 1.77. The van der Waals surface area contributed by atoms with Gasteiger partial charge in [-0.25, -0.2) is 13.1 Å². The molecule has 3 rings (SSSR count). The summed E-state index contributed by atoms with van der Waals surface area (Å²) in [7, 11) is -3.69. The second-order valence-corrected chi connectivity index (χ2v) is 11.8. The van der Waals surface area contributed by atoms with Gasteiger partial charge < -0.3 is 4.74 Å². The summed E-state index contributed by atoms with van der Waals surface area (Å²) in [6.45, 7) is 12.7. The molecule has 2 saturated carbocycles. The lowest BCUT2D eigenvalue weighted by Gasteiger charge is -2.39. The number of benzene rings is 1. The van der Waals surface area contributed by atoms with Crippen molar-refractivity contribution in [3.05, 3.63) is 30.3 Å². The molecule has 2 fully saturated rings. The molecule has 2 bridgehead atoms. The normalized spacial score (nSPS) is 31.8. The molecule has 1 aromatic rings. The SMILES string of the molecule is CC(C)[C@@H](C)CC(=O)O[C@@H]1[C@H](NS(=O)(=O)c2ccccc2)[C@H]2CC[C@]1(C)C2(C)C. The monoisotopic (exact) mass is 421 g/mol. The highest BCUT2D eigenvalue weighted by Gasteiger charge is 2.68. The Hall–Kier alpha value is -1.40. The molecule has 0 spiro atoms. The van der Waals surface area contributed by atoms with Gasteiger partial charge in [-0.3, -0.25) is 4.79 Å². The number of ether oxygens (including phenoxy) is 1. The average molecular weight is 422 g/mol. The molecule has 1 aromatic carbocycles. The first-order valence-electron chi connectivity index (χ1n) is 10.7. The average Bonchev–Trinajstić information content (AvgIpc) is 2.95. The molecule has 0 heterocycles. The molecule has 5 nitrogen and oxygen atoms in total. The Kier molecular flexibility index (Phi) is 5.91. The van der Waals surface area contributed by atoms with E-state index in [9.17, 15) is 13.2 Å². The molecule has 0 unspecified atom stereocenters. The van der Waals surface area contributed by atoms with Crippen LogP contribution in [0.2, 0.25) is 0 Å². The van der Waals surface area contributed by atoms with Gasteiger partial charge in [-0.1, -0.05) is 59.7 Å². The van der Waals surface area contributed by atoms with E-state index in [4.69, 9.17) is 4.74 Å². The first-order valence-corrected chi connectivity index (χ1v) is 12.2. The van der Waals surface area contributed by atoms with Gasteiger partial charge in [0.05, 0.1) is 10.9 Å². The Labute approximate surface area is 175 Å². The van der Waals surface area contributed by atoms with E-state index in [0.29, 0.717) is 12.3 Å². The lowest BCUT2D eigenvalue weighted by Crippen LogP contribution is -2.51. The molecule has 0 amide bonds. The number of sulfonamides is 1. The van der Waals surface area contributed by atoms with Gasteiger partial charge >= 0.3 is 5.97 Å². The fourth-order valence-corrected chi connectivity index (χ4v) is 6.49. The van der Waals surface area contributed by atoms with Gasteiger partial charge in [0.1, 0.15) is 6.10 Å². The summed E-state index contributed by atoms with van der Waals surface area (Å²) in [6, 6.07) is 7.99. The lowest BCUT2D eigenvalue weighted by atomic mass is 9.70. The number of hydrogen-bond donors (Lipinski definition) is 1. The number of nitrogens with one attached hydrogen (secondary N) is 1. The number of carbonyl (C=O) groups is 1. The molecule has 0 saturated heterocycles. The van der Waals surface area contributed by atoms with Crippen molar-refractivity contribution < 1.29 is 17.9 Å². The van der Waals surface area contributed by atoms with Crippen LogP contribution in [0.25, 0.3) is 0 Å². The summed E-state index contributed by atoms with van der Waals surface area (Å²) in [5.74, 6) is 0.513. The highest BCUT2D eigenvalue weighted by Crippen LogP contribution is 2.66. The van der Waals surface area contributed by atoms with Crippen molar-refractivity contribution >= 4 is 16.0 Å². The van der Waals surface area contributed by atoms with E-state index in [-0.39, 0.29) is 33.5 Å². The highest BCUT2D eigenvalue weighted by atomic mass is 32.2. The zero-order valence-electron chi connectivity index (χ0n) is 18.4. The zero-order chi connectivity index (χ0) is 21.6. The molecule has 5 atom stereocenters. The topological polar surface area (TPSA) is 72.5 Å². The van der Waals surface area contributed by atoms with Crippen molar-refractivity contribution in [2.24, 2.45) is 28.6 Å². The molecule has 29 heavy (non-hydrogen) atoms. The van der Waals surface area contributed by atoms with Gasteiger partial charge in [-0.2, -0.15) is 0 Å². The minimum Gasteiger partial charge on any atom is -0.460 e. The van der Waals surface area contributed by atoms with E-state index in [1.54, 1.807) is 30.3 Å². The third kappa shape index (κ3) is 3.86. The number of hydrogen-bond acceptors (Lipinski definition) is 4. The Morgan fingerprint density at radius 2 is 1.79 bits per heavy atom. The van der Waals surface area contributed by atoms with Crippen LogP contribution in [0, 0.1) is 28.6 Å². The van der Waals surface area contributed by atoms with Gasteiger partial charge in [-0.05, 0) is 48.1 Å². The predicted molar refractivity (Wildman–Crippen MR) is 114 cm³/mol. The summed E-state index contributed by atoms with van der Waals surface area (Å²) in [5, 5.41) is 0. The van der Waals surface area contributed by atoms with E-state index in [2.05, 4.69) is 39.3 Å². The van der Waals surface area contributed by atoms with Crippen LogP contribution in [-0.4, -0.2) is 26.5 Å². The molecule has 6 heteroatoms. The predicted octanol–water partition coefficient (Wildman–Crippen LogP) is 4.38. The Balaban J connectivity index is 1.87. The van der Waals surface area contributed by atoms with Crippen LogP contribution < -0.4 is 4.72 Å². The van der Waals surface area contributed by atoms with Crippen LogP contribution in [0.3, 0.4) is 0 Å². The van der Waals surface area contributed by atoms with E-state index in [0.717, 1.165) is 12.8 Å². The third-order valence-corrected chi connectivity index (χ3v) is 9.47. The van der Waals surface area contributed by atoms with E-state index in [1.165, 1.54) is 0 Å². The van der Waals surface area contributed by atoms with E-state index in [1.807, 2.05) is 6.92 Å². The highest BCUT2D eigenvalue weighted by molar-refractivity contribution is 7.89. The molecule has 0 aliphatic heterocycles. The van der Waals surface area contributed by atoms with Gasteiger partial charge in [0.15, 0.2) is 0 Å². The molecule has 2 aliphatic rings. The molecule has 162 valence electrons. The summed E-state index contributed by atoms with van der Waals surface area (Å²) in [5.41, 5.74) is -0.371. The molecular formula is C23H35NO4S. The van der Waals surface area contributed by atoms with Crippen LogP contribution >= 0.6 is 0 Å². The van der Waals surface area contributed by atoms with Crippen molar-refractivity contribution in [3.8, 4) is 0 Å². The fourth-order valence-electron chi connectivity index (χ4n) is 5.19. The number of carbonyl (C=O) groups excluding carboxylic acids is 1. The zero-order valence-corrected chi connectivity index (χ0v) is 19.3. The minimum atomic E-state index is -3.69. The van der Waals surface area contributed by atoms with Crippen LogP contribution in [0.4, 0.5) is 0 Å². The number of rotatable bonds is 7. The van der Waals surface area contributed by atoms with Crippen LogP contribution in [0.15, 0.2) is 35.2 Å². The standard InChI is InChI=1S/C23H35NO4S/c1-15(2)16(3)14-19(25)28-21-20(18-12-13-23(21,6)22(18,4)5)24-29(26,27)17-10-8-7-9-11-17/h7-11,15-16,18,20-21,24H,12-14H2,1-6H3/t16-,18+,20+,21+,23-/m0/s1. The third-order valence-electron chi connectivity index (χ3n) is 7.99. The van der Waals surface area contributed by atoms with Crippen LogP contribution in [0.1, 0.15) is 60.8 Å². The summed E-state index contributed by atoms with van der Waals surface area (Å²) < 4.78 is 35.0. The summed E-state index contributed by atoms with van der Waals surface area (Å²) in [4.78, 5) is 13.0. The van der Waals surface area contributed by atoms with Crippen LogP contribution in [0.5, 0.6) is 0 Å². The Morgan fingerprint density at radius 1 is 1.17 bits per heavy atom. The van der Waals surface area contributed by atoms with Crippen molar-refractivity contribution in [1.82, 2.24) is 4.72 Å². The number of fused-ring (bicyclic) bond motifs is 2. The molecular weight excluding hydrogens is 386 g/mol. The van der Waals surface area contributed by atoms with Gasteiger partial charge in [0, 0.05) is 11.8 Å². The number of esters is 1. The summed E-state index contributed by atoms with van der Waals surface area (Å²) >= 11 is 0. The Bertz CT molecular complexity index is 849. The van der Waals surface area contributed by atoms with Crippen molar-refractivity contribution in [1.29, 1.82) is 0 Å². The lowest BCUT2D eigenvalue weighted by molar-refractivity contribution is -0.159. The maximum atomic E-state index is 13.0.